The summed E-state index contributed by atoms with van der Waals surface area (Å²) in [7, 11) is 1.74. The largest absolute Gasteiger partial charge is 0.385 e. The minimum atomic E-state index is 0. The molecule has 0 unspecified atom stereocenters. The van der Waals surface area contributed by atoms with Crippen molar-refractivity contribution in [1.29, 1.82) is 0 Å². The molecule has 0 aromatic carbocycles. The van der Waals surface area contributed by atoms with Crippen LogP contribution < -0.4 is 5.32 Å². The summed E-state index contributed by atoms with van der Waals surface area (Å²) in [6.07, 6.45) is 9.07. The van der Waals surface area contributed by atoms with E-state index in [1.165, 1.54) is 25.7 Å². The average molecular weight is 453 g/mol. The topological polar surface area (TPSA) is 46.1 Å². The van der Waals surface area contributed by atoms with Gasteiger partial charge in [-0.15, -0.1) is 24.0 Å². The van der Waals surface area contributed by atoms with Crippen LogP contribution in [0.5, 0.6) is 0 Å². The van der Waals surface area contributed by atoms with Crippen molar-refractivity contribution < 1.29 is 9.47 Å². The summed E-state index contributed by atoms with van der Waals surface area (Å²) in [5.74, 6) is 2.11. The van der Waals surface area contributed by atoms with Gasteiger partial charge in [0.25, 0.3) is 0 Å². The number of hydrogen-bond acceptors (Lipinski definition) is 3. The van der Waals surface area contributed by atoms with Crippen molar-refractivity contribution >= 4 is 29.9 Å². The summed E-state index contributed by atoms with van der Waals surface area (Å²) in [5.41, 5.74) is 0. The number of guanidine groups is 1. The Kier molecular flexibility index (Phi) is 12.0. The second kappa shape index (κ2) is 13.2. The fourth-order valence-electron chi connectivity index (χ4n) is 3.08. The highest BCUT2D eigenvalue weighted by atomic mass is 127. The third kappa shape index (κ3) is 8.85. The van der Waals surface area contributed by atoms with Crippen LogP contribution in [0.25, 0.3) is 0 Å². The summed E-state index contributed by atoms with van der Waals surface area (Å²) >= 11 is 0. The Balaban J connectivity index is 0.00000288. The first-order valence-electron chi connectivity index (χ1n) is 9.47. The van der Waals surface area contributed by atoms with E-state index < -0.39 is 0 Å². The van der Waals surface area contributed by atoms with Gasteiger partial charge in [-0.2, -0.15) is 0 Å². The van der Waals surface area contributed by atoms with Crippen LogP contribution in [-0.2, 0) is 9.47 Å². The van der Waals surface area contributed by atoms with E-state index in [9.17, 15) is 0 Å². The molecule has 6 heteroatoms. The first kappa shape index (κ1) is 22.0. The van der Waals surface area contributed by atoms with Gasteiger partial charge in [-0.1, -0.05) is 12.8 Å². The fourth-order valence-corrected chi connectivity index (χ4v) is 3.08. The number of nitrogens with zero attached hydrogens (tertiary/aromatic N) is 2. The minimum absolute atomic E-state index is 0. The maximum atomic E-state index is 5.94. The monoisotopic (exact) mass is 453 g/mol. The van der Waals surface area contributed by atoms with Crippen LogP contribution in [0.15, 0.2) is 4.99 Å². The maximum absolute atomic E-state index is 5.94. The van der Waals surface area contributed by atoms with E-state index in [1.54, 1.807) is 7.11 Å². The Labute approximate surface area is 165 Å². The molecule has 1 heterocycles. The number of rotatable bonds is 10. The van der Waals surface area contributed by atoms with Crippen LogP contribution >= 0.6 is 24.0 Å². The number of likely N-dealkylation sites (tertiary alicyclic amines) is 1. The molecule has 2 aliphatic rings. The van der Waals surface area contributed by atoms with Crippen molar-refractivity contribution in [2.75, 3.05) is 46.5 Å². The molecule has 1 saturated carbocycles. The highest BCUT2D eigenvalue weighted by molar-refractivity contribution is 14.0. The SMILES string of the molecule is CCNC(=NCCCC1CC1)N1CCC(OCCCOC)CC1.I. The standard InChI is InChI=1S/C18H35N3O2.HI/c1-3-19-18(20-11-4-6-16-7-8-16)21-12-9-17(10-13-21)23-15-5-14-22-2;/h16-17H,3-15H2,1-2H3,(H,19,20);1H. The molecule has 1 aliphatic carbocycles. The van der Waals surface area contributed by atoms with E-state index in [1.807, 2.05) is 0 Å². The Bertz CT molecular complexity index is 343. The van der Waals surface area contributed by atoms with Crippen LogP contribution in [0.4, 0.5) is 0 Å². The fraction of sp³-hybridized carbons (Fsp3) is 0.944. The normalized spacial score (nSPS) is 19.2. The molecule has 1 N–H and O–H groups in total. The van der Waals surface area contributed by atoms with Gasteiger partial charge in [0.15, 0.2) is 5.96 Å². The summed E-state index contributed by atoms with van der Waals surface area (Å²) in [6.45, 7) is 7.74. The number of nitrogens with one attached hydrogen (secondary N) is 1. The Hall–Kier alpha value is -0.0800. The van der Waals surface area contributed by atoms with E-state index in [4.69, 9.17) is 14.5 Å². The van der Waals surface area contributed by atoms with Crippen molar-refractivity contribution in [1.82, 2.24) is 10.2 Å². The number of ether oxygens (including phenoxy) is 2. The summed E-state index contributed by atoms with van der Waals surface area (Å²) in [6, 6.07) is 0. The van der Waals surface area contributed by atoms with Gasteiger partial charge in [-0.05, 0) is 44.9 Å². The lowest BCUT2D eigenvalue weighted by Gasteiger charge is -2.34. The number of halogens is 1. The van der Waals surface area contributed by atoms with Gasteiger partial charge in [0.1, 0.15) is 0 Å². The molecular weight excluding hydrogens is 417 g/mol. The predicted molar refractivity (Wildman–Crippen MR) is 110 cm³/mol. The lowest BCUT2D eigenvalue weighted by atomic mass is 10.1. The second-order valence-electron chi connectivity index (χ2n) is 6.72. The zero-order chi connectivity index (χ0) is 16.3. The van der Waals surface area contributed by atoms with Crippen LogP contribution in [0.3, 0.4) is 0 Å². The van der Waals surface area contributed by atoms with Gasteiger partial charge in [0, 0.05) is 46.5 Å². The van der Waals surface area contributed by atoms with Crippen molar-refractivity contribution in [3.05, 3.63) is 0 Å². The first-order chi connectivity index (χ1) is 11.3. The van der Waals surface area contributed by atoms with Gasteiger partial charge in [0.2, 0.25) is 0 Å². The molecule has 5 nitrogen and oxygen atoms in total. The lowest BCUT2D eigenvalue weighted by molar-refractivity contribution is 0.00990. The summed E-state index contributed by atoms with van der Waals surface area (Å²) in [4.78, 5) is 7.22. The number of piperidine rings is 1. The number of methoxy groups -OCH3 is 1. The van der Waals surface area contributed by atoms with E-state index in [0.29, 0.717) is 6.10 Å². The van der Waals surface area contributed by atoms with Crippen LogP contribution in [0.2, 0.25) is 0 Å². The summed E-state index contributed by atoms with van der Waals surface area (Å²) in [5, 5.41) is 3.45. The van der Waals surface area contributed by atoms with E-state index in [-0.39, 0.29) is 24.0 Å². The molecule has 1 aliphatic heterocycles. The average Bonchev–Trinajstić information content (AvgIpc) is 3.39. The lowest BCUT2D eigenvalue weighted by Crippen LogP contribution is -2.47. The zero-order valence-corrected chi connectivity index (χ0v) is 17.8. The van der Waals surface area contributed by atoms with E-state index >= 15 is 0 Å². The molecule has 0 spiro atoms. The maximum Gasteiger partial charge on any atom is 0.193 e. The number of aliphatic imine (C=N–C) groups is 1. The van der Waals surface area contributed by atoms with E-state index in [0.717, 1.165) is 70.5 Å². The molecule has 0 aromatic rings. The van der Waals surface area contributed by atoms with Crippen molar-refractivity contribution in [3.8, 4) is 0 Å². The van der Waals surface area contributed by atoms with Crippen molar-refractivity contribution in [2.45, 2.75) is 58.0 Å². The Morgan fingerprint density at radius 1 is 1.12 bits per heavy atom. The molecule has 1 saturated heterocycles. The molecule has 2 rings (SSSR count). The van der Waals surface area contributed by atoms with Gasteiger partial charge in [-0.25, -0.2) is 0 Å². The molecule has 0 aromatic heterocycles. The third-order valence-electron chi connectivity index (χ3n) is 4.65. The molecule has 142 valence electrons. The van der Waals surface area contributed by atoms with Crippen LogP contribution in [0.1, 0.15) is 51.9 Å². The van der Waals surface area contributed by atoms with Gasteiger partial charge in [-0.3, -0.25) is 4.99 Å². The van der Waals surface area contributed by atoms with E-state index in [2.05, 4.69) is 17.1 Å². The Morgan fingerprint density at radius 2 is 1.88 bits per heavy atom. The Morgan fingerprint density at radius 3 is 2.50 bits per heavy atom. The quantitative estimate of drug-likeness (QED) is 0.239. The highest BCUT2D eigenvalue weighted by Gasteiger charge is 2.22. The van der Waals surface area contributed by atoms with Crippen LogP contribution in [0, 0.1) is 5.92 Å². The van der Waals surface area contributed by atoms with Gasteiger partial charge < -0.3 is 19.7 Å². The molecule has 0 radical (unpaired) electrons. The molecule has 24 heavy (non-hydrogen) atoms. The second-order valence-corrected chi connectivity index (χ2v) is 6.72. The highest BCUT2D eigenvalue weighted by Crippen LogP contribution is 2.33. The molecule has 0 bridgehead atoms. The molecule has 0 amide bonds. The first-order valence-corrected chi connectivity index (χ1v) is 9.47. The zero-order valence-electron chi connectivity index (χ0n) is 15.5. The van der Waals surface area contributed by atoms with Gasteiger partial charge >= 0.3 is 0 Å². The smallest absolute Gasteiger partial charge is 0.193 e. The molecule has 0 atom stereocenters. The molecular formula is C18H36IN3O2. The van der Waals surface area contributed by atoms with Crippen LogP contribution in [-0.4, -0.2) is 63.5 Å². The predicted octanol–water partition coefficient (Wildman–Crippen LogP) is 3.28. The third-order valence-corrected chi connectivity index (χ3v) is 4.65. The molecule has 2 fully saturated rings. The summed E-state index contributed by atoms with van der Waals surface area (Å²) < 4.78 is 11.0. The minimum Gasteiger partial charge on any atom is -0.385 e. The van der Waals surface area contributed by atoms with Crippen molar-refractivity contribution in [3.63, 3.8) is 0 Å². The van der Waals surface area contributed by atoms with Gasteiger partial charge in [0.05, 0.1) is 6.10 Å². The number of hydrogen-bond donors (Lipinski definition) is 1. The van der Waals surface area contributed by atoms with Crippen molar-refractivity contribution in [2.24, 2.45) is 10.9 Å².